The minimum atomic E-state index is -3.80. The SMILES string of the molecule is O=C(Nc1ccc(OC(F)F)cc1)c1cc(S(=O)(=O)N2CCOCC2)ccc1Cl. The van der Waals surface area contributed by atoms with E-state index in [9.17, 15) is 22.0 Å². The number of benzene rings is 2. The monoisotopic (exact) mass is 446 g/mol. The summed E-state index contributed by atoms with van der Waals surface area (Å²) in [6.45, 7) is -1.92. The van der Waals surface area contributed by atoms with Crippen LogP contribution in [0, 0.1) is 0 Å². The molecule has 1 heterocycles. The number of alkyl halides is 2. The van der Waals surface area contributed by atoms with Crippen LogP contribution in [0.5, 0.6) is 5.75 Å². The van der Waals surface area contributed by atoms with Crippen molar-refractivity contribution in [3.63, 3.8) is 0 Å². The highest BCUT2D eigenvalue weighted by Crippen LogP contribution is 2.25. The van der Waals surface area contributed by atoms with Gasteiger partial charge in [-0.25, -0.2) is 8.42 Å². The van der Waals surface area contributed by atoms with E-state index in [4.69, 9.17) is 16.3 Å². The maximum Gasteiger partial charge on any atom is 0.387 e. The molecule has 0 unspecified atom stereocenters. The maximum atomic E-state index is 12.8. The molecule has 156 valence electrons. The summed E-state index contributed by atoms with van der Waals surface area (Å²) >= 11 is 6.08. The number of sulfonamides is 1. The van der Waals surface area contributed by atoms with Crippen LogP contribution in [0.1, 0.15) is 10.4 Å². The lowest BCUT2D eigenvalue weighted by molar-refractivity contribution is -0.0498. The fourth-order valence-corrected chi connectivity index (χ4v) is 4.33. The van der Waals surface area contributed by atoms with Crippen LogP contribution >= 0.6 is 11.6 Å². The van der Waals surface area contributed by atoms with Crippen molar-refractivity contribution in [3.8, 4) is 5.75 Å². The summed E-state index contributed by atoms with van der Waals surface area (Å²) in [5.41, 5.74) is 0.267. The summed E-state index contributed by atoms with van der Waals surface area (Å²) in [5, 5.41) is 2.61. The Morgan fingerprint density at radius 1 is 1.14 bits per heavy atom. The van der Waals surface area contributed by atoms with Gasteiger partial charge in [-0.05, 0) is 42.5 Å². The molecule has 0 saturated carbocycles. The maximum absolute atomic E-state index is 12.8. The Bertz CT molecular complexity index is 980. The third-order valence-electron chi connectivity index (χ3n) is 4.13. The van der Waals surface area contributed by atoms with E-state index in [1.807, 2.05) is 0 Å². The second kappa shape index (κ2) is 9.04. The molecule has 0 spiro atoms. The van der Waals surface area contributed by atoms with Gasteiger partial charge >= 0.3 is 6.61 Å². The highest BCUT2D eigenvalue weighted by atomic mass is 35.5. The second-order valence-corrected chi connectivity index (χ2v) is 8.36. The highest BCUT2D eigenvalue weighted by molar-refractivity contribution is 7.89. The number of amides is 1. The van der Waals surface area contributed by atoms with E-state index in [1.54, 1.807) is 0 Å². The number of anilines is 1. The van der Waals surface area contributed by atoms with Crippen LogP contribution in [0.4, 0.5) is 14.5 Å². The van der Waals surface area contributed by atoms with Gasteiger partial charge in [0.05, 0.1) is 28.7 Å². The predicted molar refractivity (Wildman–Crippen MR) is 102 cm³/mol. The molecule has 1 saturated heterocycles. The average Bonchev–Trinajstić information content (AvgIpc) is 2.70. The summed E-state index contributed by atoms with van der Waals surface area (Å²) in [5.74, 6) is -0.703. The van der Waals surface area contributed by atoms with Crippen molar-refractivity contribution >= 4 is 33.2 Å². The number of nitrogens with zero attached hydrogens (tertiary/aromatic N) is 1. The number of rotatable bonds is 6. The molecule has 0 atom stereocenters. The molecule has 2 aromatic rings. The Morgan fingerprint density at radius 2 is 1.79 bits per heavy atom. The largest absolute Gasteiger partial charge is 0.435 e. The smallest absolute Gasteiger partial charge is 0.387 e. The van der Waals surface area contributed by atoms with Crippen molar-refractivity contribution in [2.75, 3.05) is 31.6 Å². The molecule has 0 radical (unpaired) electrons. The van der Waals surface area contributed by atoms with E-state index in [-0.39, 0.29) is 34.3 Å². The molecule has 2 aromatic carbocycles. The summed E-state index contributed by atoms with van der Waals surface area (Å²) in [4.78, 5) is 12.5. The number of carbonyl (C=O) groups is 1. The lowest BCUT2D eigenvalue weighted by Crippen LogP contribution is -2.40. The first-order valence-electron chi connectivity index (χ1n) is 8.51. The first kappa shape index (κ1) is 21.4. The molecule has 1 fully saturated rings. The fourth-order valence-electron chi connectivity index (χ4n) is 2.69. The van der Waals surface area contributed by atoms with Gasteiger partial charge in [-0.2, -0.15) is 13.1 Å². The number of hydrogen-bond donors (Lipinski definition) is 1. The zero-order valence-electron chi connectivity index (χ0n) is 15.0. The Balaban J connectivity index is 1.79. The van der Waals surface area contributed by atoms with Crippen LogP contribution in [0.25, 0.3) is 0 Å². The molecule has 1 aliphatic heterocycles. The molecular weight excluding hydrogens is 430 g/mol. The predicted octanol–water partition coefficient (Wildman–Crippen LogP) is 3.21. The molecule has 7 nitrogen and oxygen atoms in total. The average molecular weight is 447 g/mol. The zero-order valence-corrected chi connectivity index (χ0v) is 16.6. The molecule has 0 aliphatic carbocycles. The van der Waals surface area contributed by atoms with Crippen molar-refractivity contribution in [2.24, 2.45) is 0 Å². The molecule has 29 heavy (non-hydrogen) atoms. The van der Waals surface area contributed by atoms with E-state index in [0.29, 0.717) is 18.9 Å². The van der Waals surface area contributed by atoms with E-state index in [2.05, 4.69) is 10.1 Å². The molecule has 1 aliphatic rings. The number of hydrogen-bond acceptors (Lipinski definition) is 5. The number of nitrogens with one attached hydrogen (secondary N) is 1. The zero-order chi connectivity index (χ0) is 21.0. The van der Waals surface area contributed by atoms with Gasteiger partial charge in [0.25, 0.3) is 5.91 Å². The minimum absolute atomic E-state index is 0.0334. The van der Waals surface area contributed by atoms with Crippen molar-refractivity contribution in [1.82, 2.24) is 4.31 Å². The van der Waals surface area contributed by atoms with Crippen LogP contribution in [0.3, 0.4) is 0 Å². The highest BCUT2D eigenvalue weighted by Gasteiger charge is 2.27. The number of ether oxygens (including phenoxy) is 2. The molecule has 1 amide bonds. The lowest BCUT2D eigenvalue weighted by Gasteiger charge is -2.26. The third kappa shape index (κ3) is 5.21. The summed E-state index contributed by atoms with van der Waals surface area (Å²) in [6.07, 6.45) is 0. The Kier molecular flexibility index (Phi) is 6.68. The van der Waals surface area contributed by atoms with Gasteiger partial charge in [-0.15, -0.1) is 0 Å². The van der Waals surface area contributed by atoms with Gasteiger partial charge in [-0.3, -0.25) is 4.79 Å². The van der Waals surface area contributed by atoms with Crippen LogP contribution < -0.4 is 10.1 Å². The summed E-state index contributed by atoms with van der Waals surface area (Å²) < 4.78 is 60.6. The first-order valence-corrected chi connectivity index (χ1v) is 10.3. The molecule has 0 bridgehead atoms. The molecule has 0 aromatic heterocycles. The van der Waals surface area contributed by atoms with Gasteiger partial charge in [0.2, 0.25) is 10.0 Å². The van der Waals surface area contributed by atoms with E-state index < -0.39 is 22.5 Å². The molecular formula is C18H17ClF2N2O5S. The first-order chi connectivity index (χ1) is 13.8. The minimum Gasteiger partial charge on any atom is -0.435 e. The van der Waals surface area contributed by atoms with Crippen LogP contribution in [-0.4, -0.2) is 51.5 Å². The van der Waals surface area contributed by atoms with Crippen molar-refractivity contribution in [3.05, 3.63) is 53.1 Å². The normalized spacial score (nSPS) is 15.3. The standard InChI is InChI=1S/C18H17ClF2N2O5S/c19-16-6-5-14(29(25,26)23-7-9-27-10-8-23)11-15(16)17(24)22-12-1-3-13(4-2-12)28-18(20)21/h1-6,11,18H,7-10H2,(H,22,24). The topological polar surface area (TPSA) is 84.9 Å². The second-order valence-electron chi connectivity index (χ2n) is 6.02. The quantitative estimate of drug-likeness (QED) is 0.736. The summed E-state index contributed by atoms with van der Waals surface area (Å²) in [7, 11) is -3.80. The number of morpholine rings is 1. The third-order valence-corrected chi connectivity index (χ3v) is 6.35. The summed E-state index contributed by atoms with van der Waals surface area (Å²) in [6, 6.07) is 9.15. The molecule has 3 rings (SSSR count). The lowest BCUT2D eigenvalue weighted by atomic mass is 10.2. The number of carbonyl (C=O) groups excluding carboxylic acids is 1. The molecule has 1 N–H and O–H groups in total. The van der Waals surface area contributed by atoms with Crippen LogP contribution in [0.15, 0.2) is 47.4 Å². The van der Waals surface area contributed by atoms with Crippen molar-refractivity contribution < 1.29 is 31.5 Å². The van der Waals surface area contributed by atoms with E-state index >= 15 is 0 Å². The van der Waals surface area contributed by atoms with E-state index in [0.717, 1.165) is 0 Å². The van der Waals surface area contributed by atoms with Gasteiger partial charge in [0, 0.05) is 18.8 Å². The van der Waals surface area contributed by atoms with Crippen molar-refractivity contribution in [2.45, 2.75) is 11.5 Å². The van der Waals surface area contributed by atoms with Gasteiger partial charge in [-0.1, -0.05) is 11.6 Å². The Morgan fingerprint density at radius 3 is 2.41 bits per heavy atom. The Hall–Kier alpha value is -2.27. The molecule has 11 heteroatoms. The fraction of sp³-hybridized carbons (Fsp3) is 0.278. The van der Waals surface area contributed by atoms with Gasteiger partial charge in [0.15, 0.2) is 0 Å². The van der Waals surface area contributed by atoms with Crippen LogP contribution in [-0.2, 0) is 14.8 Å². The Labute approximate surface area is 171 Å². The number of halogens is 3. The van der Waals surface area contributed by atoms with Crippen molar-refractivity contribution in [1.29, 1.82) is 0 Å². The van der Waals surface area contributed by atoms with Gasteiger partial charge in [0.1, 0.15) is 5.75 Å². The van der Waals surface area contributed by atoms with Gasteiger partial charge < -0.3 is 14.8 Å². The van der Waals surface area contributed by atoms with E-state index in [1.165, 1.54) is 46.8 Å². The van der Waals surface area contributed by atoms with Crippen LogP contribution in [0.2, 0.25) is 5.02 Å².